The third-order valence-corrected chi connectivity index (χ3v) is 4.98. The first-order chi connectivity index (χ1) is 7.83. The predicted octanol–water partition coefficient (Wildman–Crippen LogP) is 2.11. The molecule has 2 aliphatic heterocycles. The third-order valence-electron chi connectivity index (χ3n) is 3.58. The first kappa shape index (κ1) is 10.7. The number of fused-ring (bicyclic) bond motifs is 1. The van der Waals surface area contributed by atoms with Gasteiger partial charge in [-0.15, -0.1) is 0 Å². The molecule has 2 aliphatic rings. The second-order valence-corrected chi connectivity index (χ2v) is 6.26. The van der Waals surface area contributed by atoms with E-state index in [1.165, 1.54) is 36.5 Å². The van der Waals surface area contributed by atoms with Gasteiger partial charge in [-0.1, -0.05) is 0 Å². The second-order valence-electron chi connectivity index (χ2n) is 4.85. The summed E-state index contributed by atoms with van der Waals surface area (Å²) in [4.78, 5) is 4.73. The number of hydrogen-bond donors (Lipinski definition) is 1. The molecule has 2 unspecified atom stereocenters. The van der Waals surface area contributed by atoms with Crippen molar-refractivity contribution in [3.63, 3.8) is 0 Å². The van der Waals surface area contributed by atoms with Crippen molar-refractivity contribution in [3.8, 4) is 0 Å². The van der Waals surface area contributed by atoms with Crippen molar-refractivity contribution in [2.24, 2.45) is 5.73 Å². The standard InChI is InChI=1S/C12H19N3S/c13-11-4-1-5-12-14-9(8-15(11)12)7-10-3-2-6-16-10/h8,10-11H,1-7,13H2. The summed E-state index contributed by atoms with van der Waals surface area (Å²) in [5.74, 6) is 2.54. The highest BCUT2D eigenvalue weighted by atomic mass is 32.2. The SMILES string of the molecule is NC1CCCc2nc(CC3CCCS3)cn21. The van der Waals surface area contributed by atoms with Crippen LogP contribution in [0.25, 0.3) is 0 Å². The number of hydrogen-bond acceptors (Lipinski definition) is 3. The number of nitrogens with two attached hydrogens (primary N) is 1. The Labute approximate surface area is 101 Å². The van der Waals surface area contributed by atoms with Crippen molar-refractivity contribution >= 4 is 11.8 Å². The largest absolute Gasteiger partial charge is 0.319 e. The van der Waals surface area contributed by atoms with Gasteiger partial charge < -0.3 is 10.3 Å². The monoisotopic (exact) mass is 237 g/mol. The first-order valence-electron chi connectivity index (χ1n) is 6.27. The van der Waals surface area contributed by atoms with Crippen LogP contribution in [0.15, 0.2) is 6.20 Å². The van der Waals surface area contributed by atoms with Crippen molar-refractivity contribution in [1.82, 2.24) is 9.55 Å². The van der Waals surface area contributed by atoms with Crippen LogP contribution in [0.1, 0.15) is 43.4 Å². The highest BCUT2D eigenvalue weighted by Crippen LogP contribution is 2.29. The lowest BCUT2D eigenvalue weighted by Crippen LogP contribution is -2.24. The van der Waals surface area contributed by atoms with Gasteiger partial charge in [-0.2, -0.15) is 11.8 Å². The molecule has 2 atom stereocenters. The fourth-order valence-electron chi connectivity index (χ4n) is 2.70. The maximum atomic E-state index is 6.09. The molecule has 3 nitrogen and oxygen atoms in total. The van der Waals surface area contributed by atoms with Gasteiger partial charge in [0.1, 0.15) is 5.82 Å². The van der Waals surface area contributed by atoms with Gasteiger partial charge >= 0.3 is 0 Å². The molecule has 2 N–H and O–H groups in total. The Morgan fingerprint density at radius 2 is 2.38 bits per heavy atom. The molecular weight excluding hydrogens is 218 g/mol. The molecule has 0 spiro atoms. The van der Waals surface area contributed by atoms with Crippen molar-refractivity contribution in [1.29, 1.82) is 0 Å². The normalized spacial score (nSPS) is 29.3. The second kappa shape index (κ2) is 4.41. The van der Waals surface area contributed by atoms with Crippen LogP contribution < -0.4 is 5.73 Å². The summed E-state index contributed by atoms with van der Waals surface area (Å²) in [6, 6.07) is 0. The Bertz CT molecular complexity index is 368. The first-order valence-corrected chi connectivity index (χ1v) is 7.31. The summed E-state index contributed by atoms with van der Waals surface area (Å²) in [7, 11) is 0. The number of thioether (sulfide) groups is 1. The van der Waals surface area contributed by atoms with E-state index in [1.54, 1.807) is 0 Å². The number of imidazole rings is 1. The van der Waals surface area contributed by atoms with E-state index >= 15 is 0 Å². The smallest absolute Gasteiger partial charge is 0.110 e. The van der Waals surface area contributed by atoms with Gasteiger partial charge in [-0.3, -0.25) is 0 Å². The molecule has 1 aromatic rings. The minimum Gasteiger partial charge on any atom is -0.319 e. The topological polar surface area (TPSA) is 43.8 Å². The van der Waals surface area contributed by atoms with Gasteiger partial charge in [0.2, 0.25) is 0 Å². The van der Waals surface area contributed by atoms with Gasteiger partial charge in [0.05, 0.1) is 11.9 Å². The Balaban J connectivity index is 1.75. The molecule has 4 heteroatoms. The van der Waals surface area contributed by atoms with E-state index in [1.807, 2.05) is 0 Å². The molecule has 1 fully saturated rings. The number of aryl methyl sites for hydroxylation is 1. The van der Waals surface area contributed by atoms with E-state index in [0.29, 0.717) is 0 Å². The van der Waals surface area contributed by atoms with Gasteiger partial charge in [0.25, 0.3) is 0 Å². The average Bonchev–Trinajstić information content (AvgIpc) is 2.88. The Morgan fingerprint density at radius 1 is 1.44 bits per heavy atom. The molecular formula is C12H19N3S. The van der Waals surface area contributed by atoms with E-state index in [-0.39, 0.29) is 6.17 Å². The molecule has 3 rings (SSSR count). The van der Waals surface area contributed by atoms with Crippen LogP contribution in [0.5, 0.6) is 0 Å². The van der Waals surface area contributed by atoms with Gasteiger partial charge in [-0.05, 0) is 31.4 Å². The quantitative estimate of drug-likeness (QED) is 0.857. The summed E-state index contributed by atoms with van der Waals surface area (Å²) in [6.45, 7) is 0. The number of nitrogens with zero attached hydrogens (tertiary/aromatic N) is 2. The molecule has 1 aromatic heterocycles. The van der Waals surface area contributed by atoms with Crippen LogP contribution >= 0.6 is 11.8 Å². The molecule has 3 heterocycles. The molecule has 0 bridgehead atoms. The number of aromatic nitrogens is 2. The predicted molar refractivity (Wildman–Crippen MR) is 67.6 cm³/mol. The summed E-state index contributed by atoms with van der Waals surface area (Å²) in [5.41, 5.74) is 7.34. The average molecular weight is 237 g/mol. The molecule has 1 saturated heterocycles. The van der Waals surface area contributed by atoms with Crippen LogP contribution in [-0.4, -0.2) is 20.6 Å². The lowest BCUT2D eigenvalue weighted by atomic mass is 10.1. The minimum atomic E-state index is 0.168. The van der Waals surface area contributed by atoms with Crippen LogP contribution in [0.2, 0.25) is 0 Å². The summed E-state index contributed by atoms with van der Waals surface area (Å²) < 4.78 is 2.19. The zero-order valence-electron chi connectivity index (χ0n) is 9.56. The van der Waals surface area contributed by atoms with Crippen LogP contribution in [-0.2, 0) is 12.8 Å². The van der Waals surface area contributed by atoms with E-state index in [4.69, 9.17) is 10.7 Å². The highest BCUT2D eigenvalue weighted by molar-refractivity contribution is 8.00. The molecule has 16 heavy (non-hydrogen) atoms. The summed E-state index contributed by atoms with van der Waals surface area (Å²) in [6.07, 6.45) is 9.63. The lowest BCUT2D eigenvalue weighted by Gasteiger charge is -2.20. The summed E-state index contributed by atoms with van der Waals surface area (Å²) >= 11 is 2.10. The highest BCUT2D eigenvalue weighted by Gasteiger charge is 2.21. The fourth-order valence-corrected chi connectivity index (χ4v) is 3.99. The third kappa shape index (κ3) is 2.00. The molecule has 0 amide bonds. The van der Waals surface area contributed by atoms with E-state index in [9.17, 15) is 0 Å². The van der Waals surface area contributed by atoms with Gasteiger partial charge in [0.15, 0.2) is 0 Å². The molecule has 88 valence electrons. The van der Waals surface area contributed by atoms with E-state index in [0.717, 1.165) is 24.5 Å². The van der Waals surface area contributed by atoms with Crippen LogP contribution in [0, 0.1) is 0 Å². The lowest BCUT2D eigenvalue weighted by molar-refractivity contribution is 0.408. The zero-order valence-corrected chi connectivity index (χ0v) is 10.4. The summed E-state index contributed by atoms with van der Waals surface area (Å²) in [5, 5.41) is 0.799. The maximum absolute atomic E-state index is 6.09. The van der Waals surface area contributed by atoms with Crippen molar-refractivity contribution in [3.05, 3.63) is 17.7 Å². The van der Waals surface area contributed by atoms with Crippen LogP contribution in [0.3, 0.4) is 0 Å². The van der Waals surface area contributed by atoms with Gasteiger partial charge in [-0.25, -0.2) is 4.98 Å². The van der Waals surface area contributed by atoms with Gasteiger partial charge in [0, 0.05) is 24.3 Å². The molecule has 0 aromatic carbocycles. The number of rotatable bonds is 2. The Hall–Kier alpha value is -0.480. The van der Waals surface area contributed by atoms with Crippen molar-refractivity contribution < 1.29 is 0 Å². The Morgan fingerprint density at radius 3 is 3.12 bits per heavy atom. The van der Waals surface area contributed by atoms with Crippen molar-refractivity contribution in [2.75, 3.05) is 5.75 Å². The fraction of sp³-hybridized carbons (Fsp3) is 0.750. The van der Waals surface area contributed by atoms with E-state index in [2.05, 4.69) is 22.5 Å². The molecule has 0 radical (unpaired) electrons. The minimum absolute atomic E-state index is 0.168. The van der Waals surface area contributed by atoms with Crippen LogP contribution in [0.4, 0.5) is 0 Å². The van der Waals surface area contributed by atoms with E-state index < -0.39 is 0 Å². The zero-order chi connectivity index (χ0) is 11.0. The van der Waals surface area contributed by atoms with Crippen molar-refractivity contribution in [2.45, 2.75) is 49.9 Å². The molecule has 0 saturated carbocycles. The maximum Gasteiger partial charge on any atom is 0.110 e. The molecule has 0 aliphatic carbocycles. The Kier molecular flexibility index (Phi) is 2.94.